The summed E-state index contributed by atoms with van der Waals surface area (Å²) >= 11 is 0. The first kappa shape index (κ1) is 82.6. The van der Waals surface area contributed by atoms with Crippen LogP contribution in [0, 0.1) is 0 Å². The fourth-order valence-electron chi connectivity index (χ4n) is 11.0. The molecular weight excluding hydrogens is 1100 g/mol. The van der Waals surface area contributed by atoms with Gasteiger partial charge in [-0.1, -0.05) is 304 Å². The van der Waals surface area contributed by atoms with Gasteiger partial charge in [0.15, 0.2) is 12.4 Å². The van der Waals surface area contributed by atoms with E-state index in [9.17, 15) is 35.1 Å². The van der Waals surface area contributed by atoms with Crippen molar-refractivity contribution in [2.75, 3.05) is 13.2 Å². The molecule has 8 atom stereocenters. The zero-order valence-electron chi connectivity index (χ0n) is 56.6. The lowest BCUT2D eigenvalue weighted by atomic mass is 9.99. The molecule has 0 aromatic rings. The van der Waals surface area contributed by atoms with Gasteiger partial charge >= 0.3 is 5.97 Å². The highest BCUT2D eigenvalue weighted by atomic mass is 16.7. The van der Waals surface area contributed by atoms with Crippen LogP contribution in [0.3, 0.4) is 0 Å². The number of nitrogens with one attached hydrogen (secondary N) is 1. The van der Waals surface area contributed by atoms with Crippen LogP contribution >= 0.6 is 0 Å². The van der Waals surface area contributed by atoms with Crippen LogP contribution in [0.15, 0.2) is 97.2 Å². The fourth-order valence-corrected chi connectivity index (χ4v) is 11.0. The lowest BCUT2D eigenvalue weighted by Crippen LogP contribution is -2.61. The van der Waals surface area contributed by atoms with Gasteiger partial charge in [0, 0.05) is 6.42 Å². The van der Waals surface area contributed by atoms with E-state index in [-0.39, 0.29) is 19.4 Å². The summed E-state index contributed by atoms with van der Waals surface area (Å²) in [6.45, 7) is 5.70. The number of allylic oxidation sites excluding steroid dienone is 15. The summed E-state index contributed by atoms with van der Waals surface area (Å²) < 4.78 is 17.7. The van der Waals surface area contributed by atoms with E-state index in [0.29, 0.717) is 12.8 Å². The Hall–Kier alpha value is -3.42. The van der Waals surface area contributed by atoms with Gasteiger partial charge in [-0.15, -0.1) is 0 Å². The van der Waals surface area contributed by atoms with E-state index in [1.807, 2.05) is 6.08 Å². The van der Waals surface area contributed by atoms with Gasteiger partial charge in [-0.3, -0.25) is 9.59 Å². The Kier molecular flexibility index (Phi) is 59.8. The molecule has 508 valence electrons. The van der Waals surface area contributed by atoms with E-state index >= 15 is 0 Å². The monoisotopic (exact) mass is 1230 g/mol. The predicted octanol–water partition coefficient (Wildman–Crippen LogP) is 19.0. The van der Waals surface area contributed by atoms with Crippen molar-refractivity contribution >= 4 is 11.9 Å². The lowest BCUT2D eigenvalue weighted by molar-refractivity contribution is -0.305. The molecule has 88 heavy (non-hydrogen) atoms. The van der Waals surface area contributed by atoms with E-state index < -0.39 is 67.4 Å². The number of carbonyl (C=O) groups is 2. The Morgan fingerprint density at radius 1 is 0.455 bits per heavy atom. The first-order chi connectivity index (χ1) is 43.2. The molecule has 11 heteroatoms. The van der Waals surface area contributed by atoms with Crippen LogP contribution in [0.5, 0.6) is 0 Å². The molecule has 0 spiro atoms. The molecule has 0 saturated carbocycles. The molecule has 0 radical (unpaired) electrons. The number of amides is 1. The number of aliphatic hydroxyl groups excluding tert-OH is 5. The van der Waals surface area contributed by atoms with Gasteiger partial charge in [0.25, 0.3) is 0 Å². The second kappa shape index (κ2) is 63.7. The molecule has 0 bridgehead atoms. The molecule has 1 aliphatic heterocycles. The van der Waals surface area contributed by atoms with Gasteiger partial charge in [-0.25, -0.2) is 0 Å². The molecule has 8 unspecified atom stereocenters. The Balaban J connectivity index is 2.57. The smallest absolute Gasteiger partial charge is 0.306 e. The molecule has 1 amide bonds. The predicted molar refractivity (Wildman–Crippen MR) is 370 cm³/mol. The Morgan fingerprint density at radius 2 is 0.818 bits per heavy atom. The number of carbonyl (C=O) groups excluding carboxylic acids is 2. The van der Waals surface area contributed by atoms with Crippen molar-refractivity contribution in [2.24, 2.45) is 0 Å². The van der Waals surface area contributed by atoms with Gasteiger partial charge in [0.2, 0.25) is 5.91 Å². The lowest BCUT2D eigenvalue weighted by Gasteiger charge is -2.41. The van der Waals surface area contributed by atoms with Crippen molar-refractivity contribution in [1.82, 2.24) is 5.32 Å². The van der Waals surface area contributed by atoms with E-state index in [2.05, 4.69) is 111 Å². The highest BCUT2D eigenvalue weighted by molar-refractivity contribution is 5.80. The number of aliphatic hydroxyl groups is 5. The molecule has 1 heterocycles. The van der Waals surface area contributed by atoms with Gasteiger partial charge in [0.05, 0.1) is 25.4 Å². The molecule has 0 aromatic carbocycles. The van der Waals surface area contributed by atoms with E-state index in [4.69, 9.17) is 14.2 Å². The van der Waals surface area contributed by atoms with Crippen LogP contribution < -0.4 is 5.32 Å². The Morgan fingerprint density at radius 3 is 1.24 bits per heavy atom. The topological polar surface area (TPSA) is 175 Å². The average Bonchev–Trinajstić information content (AvgIpc) is 1.25. The van der Waals surface area contributed by atoms with E-state index in [1.165, 1.54) is 154 Å². The van der Waals surface area contributed by atoms with Gasteiger partial charge in [-0.2, -0.15) is 0 Å². The van der Waals surface area contributed by atoms with Crippen LogP contribution in [0.1, 0.15) is 316 Å². The van der Waals surface area contributed by atoms with Crippen molar-refractivity contribution < 1.29 is 49.3 Å². The summed E-state index contributed by atoms with van der Waals surface area (Å²) in [7, 11) is 0. The second-order valence-corrected chi connectivity index (χ2v) is 24.9. The zero-order chi connectivity index (χ0) is 63.9. The normalized spacial score (nSPS) is 18.8. The minimum absolute atomic E-state index is 0.120. The standard InChI is InChI=1S/C77H135NO10/c1-4-7-10-13-16-19-22-25-27-29-31-33-34-35-36-37-39-40-42-44-46-49-52-55-58-61-64-70(81)76(85)78-68(69(80)63-60-57-54-51-48-24-21-18-15-12-9-6-3)67-86-77-75(74(84)73(83)71(66-79)87-77)88-72(82)65-62-59-56-53-50-47-45-43-41-38-32-30-28-26-23-20-17-14-11-8-5-2/h7,10,16,19,25-28,31,33,35-36,39-40,60,63,68-71,73-75,77,79-81,83-84H,4-6,8-9,11-15,17-18,20-24,29-30,32,34,37-38,41-59,61-62,64-67H2,1-3H3,(H,78,85)/b10-7-,19-16-,27-25-,28-26+,33-31-,36-35-,40-39-,63-60+. The summed E-state index contributed by atoms with van der Waals surface area (Å²) in [4.78, 5) is 26.7. The molecule has 1 fully saturated rings. The van der Waals surface area contributed by atoms with Crippen LogP contribution in [-0.2, 0) is 23.8 Å². The molecule has 11 nitrogen and oxygen atoms in total. The van der Waals surface area contributed by atoms with Gasteiger partial charge in [0.1, 0.15) is 24.4 Å². The number of rotatable bonds is 62. The van der Waals surface area contributed by atoms with Crippen LogP contribution in [-0.4, -0.2) is 99.6 Å². The summed E-state index contributed by atoms with van der Waals surface area (Å²) in [6.07, 6.45) is 75.8. The number of hydrogen-bond acceptors (Lipinski definition) is 10. The third-order valence-electron chi connectivity index (χ3n) is 16.7. The van der Waals surface area contributed by atoms with Gasteiger partial charge in [-0.05, 0) is 103 Å². The third kappa shape index (κ3) is 50.3. The van der Waals surface area contributed by atoms with Crippen LogP contribution in [0.4, 0.5) is 0 Å². The molecule has 6 N–H and O–H groups in total. The molecule has 1 aliphatic rings. The summed E-state index contributed by atoms with van der Waals surface area (Å²) in [5, 5.41) is 57.3. The first-order valence-electron chi connectivity index (χ1n) is 36.5. The van der Waals surface area contributed by atoms with E-state index in [1.54, 1.807) is 6.08 Å². The summed E-state index contributed by atoms with van der Waals surface area (Å²) in [5.41, 5.74) is 0. The molecule has 0 aliphatic carbocycles. The minimum atomic E-state index is -1.62. The Bertz CT molecular complexity index is 1800. The van der Waals surface area contributed by atoms with Crippen molar-refractivity contribution in [3.8, 4) is 0 Å². The quantitative estimate of drug-likeness (QED) is 0.0195. The molecular formula is C77H135NO10. The maximum absolute atomic E-state index is 13.5. The van der Waals surface area contributed by atoms with Crippen molar-refractivity contribution in [1.29, 1.82) is 0 Å². The highest BCUT2D eigenvalue weighted by Crippen LogP contribution is 2.26. The van der Waals surface area contributed by atoms with Crippen LogP contribution in [0.2, 0.25) is 0 Å². The molecule has 1 rings (SSSR count). The Labute approximate surface area is 539 Å². The van der Waals surface area contributed by atoms with Crippen molar-refractivity contribution in [3.05, 3.63) is 97.2 Å². The van der Waals surface area contributed by atoms with Crippen molar-refractivity contribution in [3.63, 3.8) is 0 Å². The fraction of sp³-hybridized carbons (Fsp3) is 0.766. The number of ether oxygens (including phenoxy) is 3. The highest BCUT2D eigenvalue weighted by Gasteiger charge is 2.47. The average molecular weight is 1230 g/mol. The van der Waals surface area contributed by atoms with Crippen LogP contribution in [0.25, 0.3) is 0 Å². The molecule has 1 saturated heterocycles. The first-order valence-corrected chi connectivity index (χ1v) is 36.5. The molecule has 0 aromatic heterocycles. The number of hydrogen-bond donors (Lipinski definition) is 6. The maximum atomic E-state index is 13.5. The summed E-state index contributed by atoms with van der Waals surface area (Å²) in [6, 6.07) is -1.03. The third-order valence-corrected chi connectivity index (χ3v) is 16.7. The number of esters is 1. The second-order valence-electron chi connectivity index (χ2n) is 24.9. The van der Waals surface area contributed by atoms with Gasteiger partial charge < -0.3 is 45.1 Å². The summed E-state index contributed by atoms with van der Waals surface area (Å²) in [5.74, 6) is -1.20. The van der Waals surface area contributed by atoms with E-state index in [0.717, 1.165) is 116 Å². The SMILES string of the molecule is CC/C=C\C/C=C\C/C=C\C/C=C\C/C=C\C/C=C\CCCCCCCCCC(O)C(=O)NC(COC1OC(CO)C(O)C(O)C1OC(=O)CCCCCCCCCCCCC/C=C/CCCCCCCC)C(O)/C=C/CCCCCCCCCCCC. The minimum Gasteiger partial charge on any atom is -0.454 e. The van der Waals surface area contributed by atoms with Crippen molar-refractivity contribution in [2.45, 2.75) is 365 Å². The number of unbranched alkanes of at least 4 members (excludes halogenated alkanes) is 34. The largest absolute Gasteiger partial charge is 0.454 e. The zero-order valence-corrected chi connectivity index (χ0v) is 56.6. The maximum Gasteiger partial charge on any atom is 0.306 e.